The number of nitrogens with two attached hydrogens (primary N) is 1. The van der Waals surface area contributed by atoms with E-state index in [-0.39, 0.29) is 5.92 Å². The molecule has 0 aliphatic rings. The maximum Gasteiger partial charge on any atom is 0.102 e. The van der Waals surface area contributed by atoms with Gasteiger partial charge in [0.15, 0.2) is 0 Å². The number of hydrogen-bond donors (Lipinski definition) is 1. The zero-order valence-electron chi connectivity index (χ0n) is 10.5. The van der Waals surface area contributed by atoms with Crippen molar-refractivity contribution >= 4 is 11.3 Å². The van der Waals surface area contributed by atoms with Crippen molar-refractivity contribution in [3.63, 3.8) is 0 Å². The Hall–Kier alpha value is -1.19. The van der Waals surface area contributed by atoms with E-state index in [1.807, 2.05) is 0 Å². The first kappa shape index (κ1) is 12.3. The van der Waals surface area contributed by atoms with Crippen molar-refractivity contribution in [2.75, 3.05) is 6.54 Å². The van der Waals surface area contributed by atoms with Gasteiger partial charge in [-0.05, 0) is 31.9 Å². The summed E-state index contributed by atoms with van der Waals surface area (Å²) in [5.41, 5.74) is 9.63. The van der Waals surface area contributed by atoms with Crippen LogP contribution in [0.4, 0.5) is 0 Å². The third-order valence-corrected chi connectivity index (χ3v) is 4.33. The molecule has 0 saturated carbocycles. The number of aryl methyl sites for hydroxylation is 3. The number of benzene rings is 1. The molecule has 0 aliphatic carbocycles. The Morgan fingerprint density at radius 1 is 1.24 bits per heavy atom. The van der Waals surface area contributed by atoms with Gasteiger partial charge < -0.3 is 5.73 Å². The second-order valence-corrected chi connectivity index (χ2v) is 5.57. The highest BCUT2D eigenvalue weighted by Crippen LogP contribution is 2.30. The van der Waals surface area contributed by atoms with Crippen molar-refractivity contribution < 1.29 is 0 Å². The Morgan fingerprint density at radius 2 is 1.94 bits per heavy atom. The largest absolute Gasteiger partial charge is 0.329 e. The number of hydrogen-bond acceptors (Lipinski definition) is 3. The van der Waals surface area contributed by atoms with Crippen molar-refractivity contribution in [3.8, 4) is 0 Å². The summed E-state index contributed by atoms with van der Waals surface area (Å²) in [6.45, 7) is 6.91. The van der Waals surface area contributed by atoms with Crippen LogP contribution in [0.1, 0.15) is 32.6 Å². The van der Waals surface area contributed by atoms with Crippen LogP contribution in [0.3, 0.4) is 0 Å². The Labute approximate surface area is 107 Å². The fourth-order valence-electron chi connectivity index (χ4n) is 1.99. The number of nitrogens with zero attached hydrogens (tertiary/aromatic N) is 1. The van der Waals surface area contributed by atoms with Crippen molar-refractivity contribution in [1.29, 1.82) is 0 Å². The second kappa shape index (κ2) is 4.98. The van der Waals surface area contributed by atoms with Gasteiger partial charge in [0.25, 0.3) is 0 Å². The van der Waals surface area contributed by atoms with Gasteiger partial charge in [-0.25, -0.2) is 4.98 Å². The maximum absolute atomic E-state index is 5.93. The van der Waals surface area contributed by atoms with Crippen LogP contribution in [0.2, 0.25) is 0 Å². The quantitative estimate of drug-likeness (QED) is 0.903. The van der Waals surface area contributed by atoms with Crippen LogP contribution in [0.25, 0.3) is 0 Å². The average molecular weight is 246 g/mol. The lowest BCUT2D eigenvalue weighted by Crippen LogP contribution is -2.14. The van der Waals surface area contributed by atoms with Crippen LogP contribution in [-0.4, -0.2) is 11.5 Å². The summed E-state index contributed by atoms with van der Waals surface area (Å²) in [6.07, 6.45) is 0. The van der Waals surface area contributed by atoms with Crippen LogP contribution in [0, 0.1) is 20.8 Å². The Balaban J connectivity index is 2.44. The first-order chi connectivity index (χ1) is 8.13. The van der Waals surface area contributed by atoms with Gasteiger partial charge in [0.2, 0.25) is 0 Å². The van der Waals surface area contributed by atoms with Gasteiger partial charge in [0.1, 0.15) is 5.01 Å². The van der Waals surface area contributed by atoms with Crippen molar-refractivity contribution in [2.24, 2.45) is 5.73 Å². The molecule has 0 amide bonds. The first-order valence-corrected chi connectivity index (χ1v) is 6.64. The molecule has 1 unspecified atom stereocenters. The molecule has 90 valence electrons. The topological polar surface area (TPSA) is 38.9 Å². The zero-order valence-corrected chi connectivity index (χ0v) is 11.3. The van der Waals surface area contributed by atoms with Gasteiger partial charge in [-0.2, -0.15) is 0 Å². The normalized spacial score (nSPS) is 12.7. The molecule has 0 bridgehead atoms. The van der Waals surface area contributed by atoms with E-state index >= 15 is 0 Å². The molecule has 2 nitrogen and oxygen atoms in total. The predicted octanol–water partition coefficient (Wildman–Crippen LogP) is 3.16. The summed E-state index contributed by atoms with van der Waals surface area (Å²) in [7, 11) is 0. The average Bonchev–Trinajstić information content (AvgIpc) is 2.63. The van der Waals surface area contributed by atoms with E-state index in [0.717, 1.165) is 10.7 Å². The Morgan fingerprint density at radius 3 is 2.47 bits per heavy atom. The summed E-state index contributed by atoms with van der Waals surface area (Å²) in [6, 6.07) is 8.41. The van der Waals surface area contributed by atoms with Gasteiger partial charge in [0, 0.05) is 17.3 Å². The van der Waals surface area contributed by atoms with E-state index in [1.165, 1.54) is 16.0 Å². The summed E-state index contributed by atoms with van der Waals surface area (Å²) in [5, 5.41) is 1.14. The molecule has 1 aromatic heterocycles. The fraction of sp³-hybridized carbons (Fsp3) is 0.357. The molecule has 1 atom stereocenters. The van der Waals surface area contributed by atoms with Gasteiger partial charge in [-0.1, -0.05) is 24.3 Å². The highest BCUT2D eigenvalue weighted by molar-refractivity contribution is 7.11. The predicted molar refractivity (Wildman–Crippen MR) is 73.7 cm³/mol. The molecule has 1 heterocycles. The number of aromatic nitrogens is 1. The summed E-state index contributed by atoms with van der Waals surface area (Å²) in [4.78, 5) is 5.92. The number of rotatable bonds is 3. The molecule has 2 aromatic rings. The van der Waals surface area contributed by atoms with E-state index in [1.54, 1.807) is 11.3 Å². The first-order valence-electron chi connectivity index (χ1n) is 5.83. The highest BCUT2D eigenvalue weighted by atomic mass is 32.1. The molecule has 2 rings (SSSR count). The SMILES string of the molecule is Cc1ccccc1C(CN)c1nc(C)c(C)s1. The van der Waals surface area contributed by atoms with E-state index in [4.69, 9.17) is 5.73 Å². The van der Waals surface area contributed by atoms with Crippen molar-refractivity contribution in [1.82, 2.24) is 4.98 Å². The fourth-order valence-corrected chi connectivity index (χ4v) is 3.04. The highest BCUT2D eigenvalue weighted by Gasteiger charge is 2.18. The minimum absolute atomic E-state index is 0.230. The molecule has 17 heavy (non-hydrogen) atoms. The monoisotopic (exact) mass is 246 g/mol. The second-order valence-electron chi connectivity index (χ2n) is 4.34. The van der Waals surface area contributed by atoms with E-state index < -0.39 is 0 Å². The minimum Gasteiger partial charge on any atom is -0.329 e. The standard InChI is InChI=1S/C14H18N2S/c1-9-6-4-5-7-12(9)13(8-15)14-16-10(2)11(3)17-14/h4-7,13H,8,15H2,1-3H3. The third kappa shape index (κ3) is 2.40. The maximum atomic E-state index is 5.93. The molecule has 0 aliphatic heterocycles. The molecule has 0 fully saturated rings. The summed E-state index contributed by atoms with van der Waals surface area (Å²) in [5.74, 6) is 0.230. The summed E-state index contributed by atoms with van der Waals surface area (Å²) >= 11 is 1.76. The van der Waals surface area contributed by atoms with Crippen molar-refractivity contribution in [3.05, 3.63) is 51.0 Å². The molecule has 1 aromatic carbocycles. The van der Waals surface area contributed by atoms with Gasteiger partial charge in [-0.15, -0.1) is 11.3 Å². The van der Waals surface area contributed by atoms with Crippen molar-refractivity contribution in [2.45, 2.75) is 26.7 Å². The minimum atomic E-state index is 0.230. The van der Waals surface area contributed by atoms with E-state index in [2.05, 4.69) is 50.0 Å². The van der Waals surface area contributed by atoms with Crippen LogP contribution in [0.5, 0.6) is 0 Å². The molecule has 2 N–H and O–H groups in total. The third-order valence-electron chi connectivity index (χ3n) is 3.14. The van der Waals surface area contributed by atoms with E-state index in [9.17, 15) is 0 Å². The lowest BCUT2D eigenvalue weighted by molar-refractivity contribution is 0.799. The smallest absolute Gasteiger partial charge is 0.102 e. The zero-order chi connectivity index (χ0) is 12.4. The lowest BCUT2D eigenvalue weighted by Gasteiger charge is -2.14. The molecule has 3 heteroatoms. The molecule has 0 saturated heterocycles. The lowest BCUT2D eigenvalue weighted by atomic mass is 9.95. The van der Waals surface area contributed by atoms with Crippen LogP contribution in [0.15, 0.2) is 24.3 Å². The molecule has 0 spiro atoms. The Kier molecular flexibility index (Phi) is 3.60. The van der Waals surface area contributed by atoms with Gasteiger partial charge in [-0.3, -0.25) is 0 Å². The summed E-state index contributed by atoms with van der Waals surface area (Å²) < 4.78 is 0. The molecular formula is C14H18N2S. The van der Waals surface area contributed by atoms with E-state index in [0.29, 0.717) is 6.54 Å². The van der Waals surface area contributed by atoms with Crippen LogP contribution in [-0.2, 0) is 0 Å². The van der Waals surface area contributed by atoms with Gasteiger partial charge in [0.05, 0.1) is 5.69 Å². The van der Waals surface area contributed by atoms with Crippen LogP contribution < -0.4 is 5.73 Å². The Bertz CT molecular complexity index is 497. The molecule has 0 radical (unpaired) electrons. The number of thiazole rings is 1. The van der Waals surface area contributed by atoms with Crippen LogP contribution >= 0.6 is 11.3 Å². The molecular weight excluding hydrogens is 228 g/mol. The van der Waals surface area contributed by atoms with Gasteiger partial charge >= 0.3 is 0 Å².